The van der Waals surface area contributed by atoms with Gasteiger partial charge in [-0.15, -0.1) is 0 Å². The number of hydrogen-bond acceptors (Lipinski definition) is 4. The van der Waals surface area contributed by atoms with Gasteiger partial charge in [0.15, 0.2) is 12.4 Å². The fourth-order valence-corrected chi connectivity index (χ4v) is 2.51. The highest BCUT2D eigenvalue weighted by molar-refractivity contribution is 5.98. The molecule has 0 saturated carbocycles. The second kappa shape index (κ2) is 10.9. The third kappa shape index (κ3) is 7.05. The summed E-state index contributed by atoms with van der Waals surface area (Å²) in [5.41, 5.74) is 2.66. The minimum atomic E-state index is -0.546. The fourth-order valence-electron chi connectivity index (χ4n) is 2.51. The maximum absolute atomic E-state index is 12.2. The van der Waals surface area contributed by atoms with E-state index in [-0.39, 0.29) is 31.1 Å². The topological polar surface area (TPSA) is 72.5 Å². The zero-order valence-corrected chi connectivity index (χ0v) is 15.6. The predicted molar refractivity (Wildman–Crippen MR) is 104 cm³/mol. The number of Topliss-reactive ketones (excluding diaryl/α,β-unsaturated/α-hetero) is 1. The lowest BCUT2D eigenvalue weighted by Crippen LogP contribution is -2.29. The van der Waals surface area contributed by atoms with Crippen molar-refractivity contribution in [3.05, 3.63) is 60.2 Å². The molecule has 0 aliphatic carbocycles. The van der Waals surface area contributed by atoms with Crippen LogP contribution in [-0.4, -0.2) is 30.8 Å². The van der Waals surface area contributed by atoms with Gasteiger partial charge < -0.3 is 10.1 Å². The molecular weight excluding hydrogens is 342 g/mol. The molecule has 5 nitrogen and oxygen atoms in total. The molecular formula is C22H25NO4. The Morgan fingerprint density at radius 3 is 2.22 bits per heavy atom. The van der Waals surface area contributed by atoms with Crippen LogP contribution in [0.3, 0.4) is 0 Å². The van der Waals surface area contributed by atoms with Gasteiger partial charge in [-0.2, -0.15) is 0 Å². The molecule has 0 spiro atoms. The van der Waals surface area contributed by atoms with E-state index in [1.54, 1.807) is 12.1 Å². The molecule has 2 aromatic rings. The summed E-state index contributed by atoms with van der Waals surface area (Å²) >= 11 is 0. The highest BCUT2D eigenvalue weighted by atomic mass is 16.5. The van der Waals surface area contributed by atoms with Gasteiger partial charge in [-0.1, -0.05) is 67.9 Å². The van der Waals surface area contributed by atoms with Crippen LogP contribution in [0.2, 0.25) is 0 Å². The molecule has 0 aliphatic heterocycles. The van der Waals surface area contributed by atoms with Crippen molar-refractivity contribution in [3.8, 4) is 11.1 Å². The van der Waals surface area contributed by atoms with Crippen LogP contribution in [0.4, 0.5) is 0 Å². The zero-order chi connectivity index (χ0) is 19.5. The minimum absolute atomic E-state index is 0.0402. The summed E-state index contributed by atoms with van der Waals surface area (Å²) in [6, 6.07) is 17.2. The first kappa shape index (κ1) is 20.4. The SMILES string of the molecule is CCCCNC(=O)COC(=O)CCC(=O)c1ccc(-c2ccccc2)cc1. The zero-order valence-electron chi connectivity index (χ0n) is 15.6. The molecule has 0 aromatic heterocycles. The number of amides is 1. The molecule has 5 heteroatoms. The largest absolute Gasteiger partial charge is 0.456 e. The number of carbonyl (C=O) groups excluding carboxylic acids is 3. The molecule has 0 unspecified atom stereocenters. The van der Waals surface area contributed by atoms with Crippen molar-refractivity contribution >= 4 is 17.7 Å². The second-order valence-corrected chi connectivity index (χ2v) is 6.23. The first-order valence-electron chi connectivity index (χ1n) is 9.21. The number of rotatable bonds is 10. The monoisotopic (exact) mass is 367 g/mol. The van der Waals surface area contributed by atoms with E-state index in [0.29, 0.717) is 12.1 Å². The molecule has 1 N–H and O–H groups in total. The van der Waals surface area contributed by atoms with Crippen molar-refractivity contribution in [2.24, 2.45) is 0 Å². The van der Waals surface area contributed by atoms with Gasteiger partial charge in [0, 0.05) is 18.5 Å². The summed E-state index contributed by atoms with van der Waals surface area (Å²) < 4.78 is 4.89. The van der Waals surface area contributed by atoms with Crippen LogP contribution in [0.5, 0.6) is 0 Å². The number of benzene rings is 2. The van der Waals surface area contributed by atoms with Crippen LogP contribution in [0.1, 0.15) is 43.0 Å². The Balaban J connectivity index is 1.75. The Bertz CT molecular complexity index is 754. The van der Waals surface area contributed by atoms with E-state index in [1.807, 2.05) is 49.4 Å². The fraction of sp³-hybridized carbons (Fsp3) is 0.318. The third-order valence-electron chi connectivity index (χ3n) is 4.09. The number of unbranched alkanes of at least 4 members (excludes halogenated alkanes) is 1. The van der Waals surface area contributed by atoms with Crippen LogP contribution in [0.15, 0.2) is 54.6 Å². The number of ketones is 1. The van der Waals surface area contributed by atoms with Gasteiger partial charge in [0.25, 0.3) is 5.91 Å². The summed E-state index contributed by atoms with van der Waals surface area (Å²) in [5.74, 6) is -0.992. The summed E-state index contributed by atoms with van der Waals surface area (Å²) in [7, 11) is 0. The maximum Gasteiger partial charge on any atom is 0.306 e. The molecule has 0 aliphatic rings. The van der Waals surface area contributed by atoms with E-state index in [9.17, 15) is 14.4 Å². The summed E-state index contributed by atoms with van der Waals surface area (Å²) in [5, 5.41) is 2.67. The maximum atomic E-state index is 12.2. The van der Waals surface area contributed by atoms with Crippen LogP contribution >= 0.6 is 0 Å². The van der Waals surface area contributed by atoms with Crippen molar-refractivity contribution in [2.75, 3.05) is 13.2 Å². The van der Waals surface area contributed by atoms with Gasteiger partial charge in [0.05, 0.1) is 6.42 Å². The first-order valence-corrected chi connectivity index (χ1v) is 9.21. The highest BCUT2D eigenvalue weighted by Crippen LogP contribution is 2.19. The lowest BCUT2D eigenvalue weighted by atomic mass is 10.0. The molecule has 2 aromatic carbocycles. The quantitative estimate of drug-likeness (QED) is 0.394. The predicted octanol–water partition coefficient (Wildman–Crippen LogP) is 3.78. The number of ether oxygens (including phenoxy) is 1. The molecule has 0 atom stereocenters. The highest BCUT2D eigenvalue weighted by Gasteiger charge is 2.12. The van der Waals surface area contributed by atoms with E-state index in [0.717, 1.165) is 24.0 Å². The molecule has 0 radical (unpaired) electrons. The Morgan fingerprint density at radius 1 is 0.889 bits per heavy atom. The van der Waals surface area contributed by atoms with E-state index >= 15 is 0 Å². The third-order valence-corrected chi connectivity index (χ3v) is 4.09. The van der Waals surface area contributed by atoms with Crippen molar-refractivity contribution in [2.45, 2.75) is 32.6 Å². The van der Waals surface area contributed by atoms with Crippen LogP contribution in [-0.2, 0) is 14.3 Å². The van der Waals surface area contributed by atoms with E-state index in [4.69, 9.17) is 4.74 Å². The van der Waals surface area contributed by atoms with Gasteiger partial charge in [-0.3, -0.25) is 14.4 Å². The van der Waals surface area contributed by atoms with Gasteiger partial charge >= 0.3 is 5.97 Å². The number of nitrogens with one attached hydrogen (secondary N) is 1. The van der Waals surface area contributed by atoms with Crippen molar-refractivity contribution in [1.29, 1.82) is 0 Å². The lowest BCUT2D eigenvalue weighted by molar-refractivity contribution is -0.148. The first-order chi connectivity index (χ1) is 13.1. The summed E-state index contributed by atoms with van der Waals surface area (Å²) in [6.45, 7) is 2.30. The van der Waals surface area contributed by atoms with Crippen molar-refractivity contribution in [3.63, 3.8) is 0 Å². The molecule has 2 rings (SSSR count). The number of esters is 1. The molecule has 142 valence electrons. The smallest absolute Gasteiger partial charge is 0.306 e. The van der Waals surface area contributed by atoms with Gasteiger partial charge in [0.2, 0.25) is 0 Å². The lowest BCUT2D eigenvalue weighted by Gasteiger charge is -2.06. The Morgan fingerprint density at radius 2 is 1.56 bits per heavy atom. The number of carbonyl (C=O) groups is 3. The van der Waals surface area contributed by atoms with Crippen LogP contribution < -0.4 is 5.32 Å². The molecule has 0 bridgehead atoms. The number of hydrogen-bond donors (Lipinski definition) is 1. The van der Waals surface area contributed by atoms with E-state index in [2.05, 4.69) is 5.32 Å². The average molecular weight is 367 g/mol. The van der Waals surface area contributed by atoms with Crippen LogP contribution in [0, 0.1) is 0 Å². The van der Waals surface area contributed by atoms with Crippen molar-refractivity contribution in [1.82, 2.24) is 5.32 Å². The van der Waals surface area contributed by atoms with E-state index < -0.39 is 5.97 Å². The normalized spacial score (nSPS) is 10.3. The Hall–Kier alpha value is -2.95. The Labute approximate surface area is 159 Å². The molecule has 0 heterocycles. The molecule has 0 saturated heterocycles. The van der Waals surface area contributed by atoms with Gasteiger partial charge in [-0.05, 0) is 17.5 Å². The average Bonchev–Trinajstić information content (AvgIpc) is 2.71. The second-order valence-electron chi connectivity index (χ2n) is 6.23. The Kier molecular flexibility index (Phi) is 8.23. The van der Waals surface area contributed by atoms with E-state index in [1.165, 1.54) is 0 Å². The molecule has 0 fully saturated rings. The van der Waals surface area contributed by atoms with Crippen molar-refractivity contribution < 1.29 is 19.1 Å². The van der Waals surface area contributed by atoms with Gasteiger partial charge in [-0.25, -0.2) is 0 Å². The standard InChI is InChI=1S/C22H25NO4/c1-2-3-15-23-21(25)16-27-22(26)14-13-20(24)19-11-9-18(10-12-19)17-7-5-4-6-8-17/h4-12H,2-3,13-16H2,1H3,(H,23,25). The molecule has 27 heavy (non-hydrogen) atoms. The van der Waals surface area contributed by atoms with Gasteiger partial charge in [0.1, 0.15) is 0 Å². The molecule has 1 amide bonds. The summed E-state index contributed by atoms with van der Waals surface area (Å²) in [6.07, 6.45) is 1.88. The summed E-state index contributed by atoms with van der Waals surface area (Å²) in [4.78, 5) is 35.4. The minimum Gasteiger partial charge on any atom is -0.456 e. The van der Waals surface area contributed by atoms with Crippen LogP contribution in [0.25, 0.3) is 11.1 Å².